The third kappa shape index (κ3) is 5.24. The van der Waals surface area contributed by atoms with Crippen molar-refractivity contribution in [1.82, 2.24) is 0 Å². The van der Waals surface area contributed by atoms with Crippen molar-refractivity contribution in [3.8, 4) is 5.75 Å². The molecule has 0 aliphatic heterocycles. The molecule has 1 atom stereocenters. The maximum Gasteiger partial charge on any atom is 0.515 e. The fraction of sp³-hybridized carbons (Fsp3) is 0.263. The fourth-order valence-electron chi connectivity index (χ4n) is 2.45. The van der Waals surface area contributed by atoms with Gasteiger partial charge in [-0.05, 0) is 38.1 Å². The molecule has 0 spiro atoms. The standard InChI is InChI=1S/C19H22N2O4/c1-4-21(18-13-9-8-12-17(18)20-14(2)22)15(3)24-19(23)25-16-10-6-5-7-11-16/h5-13,15H,4H2,1-3H3,(H,20,22). The van der Waals surface area contributed by atoms with Crippen LogP contribution in [-0.2, 0) is 9.53 Å². The van der Waals surface area contributed by atoms with Crippen LogP contribution in [0.25, 0.3) is 0 Å². The quantitative estimate of drug-likeness (QED) is 0.488. The molecule has 0 fully saturated rings. The van der Waals surface area contributed by atoms with Crippen LogP contribution in [0.4, 0.5) is 16.2 Å². The minimum Gasteiger partial charge on any atom is -0.410 e. The van der Waals surface area contributed by atoms with Gasteiger partial charge in [-0.1, -0.05) is 30.3 Å². The Kier molecular flexibility index (Phi) is 6.39. The van der Waals surface area contributed by atoms with Crippen LogP contribution in [0.2, 0.25) is 0 Å². The Labute approximate surface area is 147 Å². The highest BCUT2D eigenvalue weighted by Gasteiger charge is 2.21. The van der Waals surface area contributed by atoms with E-state index in [0.717, 1.165) is 5.69 Å². The molecule has 132 valence electrons. The first-order chi connectivity index (χ1) is 12.0. The van der Waals surface area contributed by atoms with Gasteiger partial charge in [0.15, 0.2) is 6.23 Å². The third-order valence-corrected chi connectivity index (χ3v) is 3.51. The average Bonchev–Trinajstić information content (AvgIpc) is 2.57. The summed E-state index contributed by atoms with van der Waals surface area (Å²) < 4.78 is 10.5. The number of ether oxygens (including phenoxy) is 2. The minimum atomic E-state index is -0.783. The van der Waals surface area contributed by atoms with Crippen molar-refractivity contribution in [2.75, 3.05) is 16.8 Å². The summed E-state index contributed by atoms with van der Waals surface area (Å²) in [6.45, 7) is 5.72. The lowest BCUT2D eigenvalue weighted by Gasteiger charge is -2.30. The van der Waals surface area contributed by atoms with Crippen molar-refractivity contribution in [3.63, 3.8) is 0 Å². The van der Waals surface area contributed by atoms with Gasteiger partial charge in [-0.2, -0.15) is 0 Å². The van der Waals surface area contributed by atoms with E-state index >= 15 is 0 Å². The Morgan fingerprint density at radius 2 is 1.72 bits per heavy atom. The molecule has 1 unspecified atom stereocenters. The number of nitrogens with zero attached hydrogens (tertiary/aromatic N) is 1. The summed E-state index contributed by atoms with van der Waals surface area (Å²) in [7, 11) is 0. The van der Waals surface area contributed by atoms with Gasteiger partial charge in [-0.3, -0.25) is 4.79 Å². The Hall–Kier alpha value is -3.02. The molecule has 2 aromatic rings. The van der Waals surface area contributed by atoms with Crippen molar-refractivity contribution < 1.29 is 19.1 Å². The predicted octanol–water partition coefficient (Wildman–Crippen LogP) is 4.03. The highest BCUT2D eigenvalue weighted by Crippen LogP contribution is 2.27. The summed E-state index contributed by atoms with van der Waals surface area (Å²) in [5, 5.41) is 2.78. The monoisotopic (exact) mass is 342 g/mol. The van der Waals surface area contributed by atoms with Crippen molar-refractivity contribution in [1.29, 1.82) is 0 Å². The molecule has 0 aromatic heterocycles. The summed E-state index contributed by atoms with van der Waals surface area (Å²) >= 11 is 0. The predicted molar refractivity (Wildman–Crippen MR) is 96.8 cm³/mol. The van der Waals surface area contributed by atoms with Crippen LogP contribution >= 0.6 is 0 Å². The van der Waals surface area contributed by atoms with E-state index in [4.69, 9.17) is 9.47 Å². The van der Waals surface area contributed by atoms with Gasteiger partial charge >= 0.3 is 6.16 Å². The number of hydrogen-bond acceptors (Lipinski definition) is 5. The second-order valence-corrected chi connectivity index (χ2v) is 5.37. The van der Waals surface area contributed by atoms with Gasteiger partial charge in [0.05, 0.1) is 11.4 Å². The number of rotatable bonds is 6. The third-order valence-electron chi connectivity index (χ3n) is 3.51. The van der Waals surface area contributed by atoms with Crippen molar-refractivity contribution in [2.24, 2.45) is 0 Å². The number of nitrogens with one attached hydrogen (secondary N) is 1. The number of para-hydroxylation sites is 3. The first kappa shape index (κ1) is 18.3. The van der Waals surface area contributed by atoms with Gasteiger partial charge in [0.1, 0.15) is 5.75 Å². The minimum absolute atomic E-state index is 0.166. The molecule has 2 rings (SSSR count). The van der Waals surface area contributed by atoms with Crippen molar-refractivity contribution in [3.05, 3.63) is 54.6 Å². The second-order valence-electron chi connectivity index (χ2n) is 5.37. The zero-order valence-electron chi connectivity index (χ0n) is 14.6. The number of carbonyl (C=O) groups is 2. The zero-order chi connectivity index (χ0) is 18.2. The van der Waals surface area contributed by atoms with E-state index in [-0.39, 0.29) is 5.91 Å². The normalized spacial score (nSPS) is 11.3. The van der Waals surface area contributed by atoms with Gasteiger partial charge < -0.3 is 19.7 Å². The SMILES string of the molecule is CCN(c1ccccc1NC(C)=O)C(C)OC(=O)Oc1ccccc1. The lowest BCUT2D eigenvalue weighted by Crippen LogP contribution is -2.37. The van der Waals surface area contributed by atoms with Gasteiger partial charge in [0, 0.05) is 13.5 Å². The molecule has 0 aliphatic carbocycles. The molecule has 0 bridgehead atoms. The highest BCUT2D eigenvalue weighted by molar-refractivity contribution is 5.92. The molecular weight excluding hydrogens is 320 g/mol. The largest absolute Gasteiger partial charge is 0.515 e. The molecule has 1 N–H and O–H groups in total. The van der Waals surface area contributed by atoms with E-state index in [1.165, 1.54) is 6.92 Å². The van der Waals surface area contributed by atoms with Crippen molar-refractivity contribution >= 4 is 23.4 Å². The number of amides is 1. The van der Waals surface area contributed by atoms with Gasteiger partial charge in [-0.25, -0.2) is 4.79 Å². The smallest absolute Gasteiger partial charge is 0.410 e. The summed E-state index contributed by atoms with van der Waals surface area (Å²) in [5.41, 5.74) is 1.42. The highest BCUT2D eigenvalue weighted by atomic mass is 16.7. The zero-order valence-corrected chi connectivity index (χ0v) is 14.6. The van der Waals surface area contributed by atoms with E-state index in [9.17, 15) is 9.59 Å². The molecule has 1 amide bonds. The first-order valence-corrected chi connectivity index (χ1v) is 8.08. The average molecular weight is 342 g/mol. The molecule has 25 heavy (non-hydrogen) atoms. The summed E-state index contributed by atoms with van der Waals surface area (Å²) in [4.78, 5) is 25.2. The molecule has 0 radical (unpaired) electrons. The molecule has 2 aromatic carbocycles. The Morgan fingerprint density at radius 3 is 2.36 bits per heavy atom. The van der Waals surface area contributed by atoms with E-state index in [1.54, 1.807) is 37.3 Å². The lowest BCUT2D eigenvalue weighted by molar-refractivity contribution is -0.114. The number of anilines is 2. The fourth-order valence-corrected chi connectivity index (χ4v) is 2.45. The maximum absolute atomic E-state index is 12.0. The molecule has 0 saturated heterocycles. The topological polar surface area (TPSA) is 67.9 Å². The number of carbonyl (C=O) groups excluding carboxylic acids is 2. The summed E-state index contributed by atoms with van der Waals surface area (Å²) in [6, 6.07) is 16.1. The van der Waals surface area contributed by atoms with Gasteiger partial charge in [0.25, 0.3) is 0 Å². The lowest BCUT2D eigenvalue weighted by atomic mass is 10.2. The van der Waals surface area contributed by atoms with Crippen LogP contribution < -0.4 is 15.0 Å². The Bertz CT molecular complexity index is 718. The molecule has 0 heterocycles. The van der Waals surface area contributed by atoms with E-state index in [2.05, 4.69) is 5.32 Å². The Balaban J connectivity index is 2.09. The second kappa shape index (κ2) is 8.73. The van der Waals surface area contributed by atoms with Crippen LogP contribution in [-0.4, -0.2) is 24.8 Å². The van der Waals surface area contributed by atoms with Crippen LogP contribution in [0.5, 0.6) is 5.75 Å². The first-order valence-electron chi connectivity index (χ1n) is 8.08. The van der Waals surface area contributed by atoms with Crippen LogP contribution in [0.15, 0.2) is 54.6 Å². The molecule has 0 saturated carbocycles. The van der Waals surface area contributed by atoms with Crippen LogP contribution in [0.1, 0.15) is 20.8 Å². The van der Waals surface area contributed by atoms with Gasteiger partial charge in [0.2, 0.25) is 5.91 Å². The van der Waals surface area contributed by atoms with Gasteiger partial charge in [-0.15, -0.1) is 0 Å². The van der Waals surface area contributed by atoms with Crippen LogP contribution in [0.3, 0.4) is 0 Å². The van der Waals surface area contributed by atoms with E-state index in [1.807, 2.05) is 36.1 Å². The van der Waals surface area contributed by atoms with E-state index in [0.29, 0.717) is 18.0 Å². The molecule has 6 heteroatoms. The van der Waals surface area contributed by atoms with Crippen molar-refractivity contribution in [2.45, 2.75) is 27.0 Å². The molecule has 0 aliphatic rings. The Morgan fingerprint density at radius 1 is 1.08 bits per heavy atom. The molecule has 6 nitrogen and oxygen atoms in total. The van der Waals surface area contributed by atoms with Crippen LogP contribution in [0, 0.1) is 0 Å². The van der Waals surface area contributed by atoms with E-state index < -0.39 is 12.4 Å². The number of benzene rings is 2. The maximum atomic E-state index is 12.0. The number of hydrogen-bond donors (Lipinski definition) is 1. The molecular formula is C19H22N2O4. The summed E-state index contributed by atoms with van der Waals surface area (Å²) in [5.74, 6) is 0.252. The summed E-state index contributed by atoms with van der Waals surface area (Å²) in [6.07, 6.45) is -1.36.